The zero-order valence-corrected chi connectivity index (χ0v) is 27.3. The van der Waals surface area contributed by atoms with Crippen LogP contribution in [0, 0.1) is 6.92 Å². The number of aliphatic hydroxyl groups excluding tert-OH is 2. The summed E-state index contributed by atoms with van der Waals surface area (Å²) in [6.45, 7) is 5.72. The van der Waals surface area contributed by atoms with Gasteiger partial charge in [-0.15, -0.1) is 0 Å². The van der Waals surface area contributed by atoms with Crippen LogP contribution >= 0.6 is 0 Å². The monoisotopic (exact) mass is 613 g/mol. The smallest absolute Gasteiger partial charge is 0.222 e. The number of rotatable bonds is 18. The topological polar surface area (TPSA) is 94.9 Å². The fourth-order valence-corrected chi connectivity index (χ4v) is 6.15. The van der Waals surface area contributed by atoms with E-state index in [0.29, 0.717) is 31.4 Å². The Morgan fingerprint density at radius 3 is 2.64 bits per heavy atom. The highest BCUT2D eigenvalue weighted by Gasteiger charge is 2.45. The lowest BCUT2D eigenvalue weighted by atomic mass is 9.91. The molecule has 5 rings (SSSR count). The van der Waals surface area contributed by atoms with Crippen molar-refractivity contribution in [3.63, 3.8) is 0 Å². The molecule has 7 nitrogen and oxygen atoms in total. The molecule has 2 aliphatic carbocycles. The van der Waals surface area contributed by atoms with Crippen LogP contribution in [0.2, 0.25) is 0 Å². The van der Waals surface area contributed by atoms with Crippen molar-refractivity contribution < 1.29 is 19.7 Å². The van der Waals surface area contributed by atoms with Crippen LogP contribution in [0.25, 0.3) is 11.1 Å². The Hall–Kier alpha value is -3.26. The average molecular weight is 614 g/mol. The second kappa shape index (κ2) is 15.4. The summed E-state index contributed by atoms with van der Waals surface area (Å²) in [7, 11) is 1.86. The summed E-state index contributed by atoms with van der Waals surface area (Å²) in [5.74, 6) is 1.50. The van der Waals surface area contributed by atoms with Crippen molar-refractivity contribution in [2.24, 2.45) is 0 Å². The van der Waals surface area contributed by atoms with Gasteiger partial charge in [-0.25, -0.2) is 0 Å². The van der Waals surface area contributed by atoms with E-state index in [1.54, 1.807) is 4.90 Å². The highest BCUT2D eigenvalue weighted by atomic mass is 16.5. The van der Waals surface area contributed by atoms with E-state index in [1.807, 2.05) is 19.4 Å². The zero-order chi connectivity index (χ0) is 31.8. The van der Waals surface area contributed by atoms with E-state index in [0.717, 1.165) is 69.2 Å². The van der Waals surface area contributed by atoms with Crippen LogP contribution in [0.3, 0.4) is 0 Å². The summed E-state index contributed by atoms with van der Waals surface area (Å²) < 4.78 is 6.29. The first kappa shape index (κ1) is 33.1. The van der Waals surface area contributed by atoms with Gasteiger partial charge in [-0.3, -0.25) is 9.78 Å². The van der Waals surface area contributed by atoms with Gasteiger partial charge < -0.3 is 25.2 Å². The van der Waals surface area contributed by atoms with Crippen molar-refractivity contribution in [1.29, 1.82) is 0 Å². The van der Waals surface area contributed by atoms with Crippen molar-refractivity contribution in [2.45, 2.75) is 108 Å². The maximum Gasteiger partial charge on any atom is 0.222 e. The fraction of sp³-hybridized carbons (Fsp3) is 0.526. The van der Waals surface area contributed by atoms with E-state index < -0.39 is 6.10 Å². The Morgan fingerprint density at radius 1 is 1.09 bits per heavy atom. The molecule has 2 atom stereocenters. The maximum absolute atomic E-state index is 12.6. The van der Waals surface area contributed by atoms with E-state index in [9.17, 15) is 9.90 Å². The first-order valence-corrected chi connectivity index (χ1v) is 16.9. The standard InChI is InChI=1S/C38H51N3O4/c1-27(9-8-13-37(44)41(3)22-7-6-10-31(43)26-42)29-15-14-28(2)30(23-29)24-40-38(19-20-38)35-25-39-21-18-33(35)34-11-4-5-12-36(34)45-32-16-17-32/h4-5,11-12,14-15,18,21,23,25,27,31-32,40,42-43H,6-10,13,16-17,19-20,22,24,26H2,1-3H3. The zero-order valence-electron chi connectivity index (χ0n) is 27.3. The van der Waals surface area contributed by atoms with Crippen molar-refractivity contribution in [3.8, 4) is 16.9 Å². The third-order valence-corrected chi connectivity index (χ3v) is 9.59. The van der Waals surface area contributed by atoms with E-state index in [2.05, 4.69) is 72.7 Å². The number of carbonyl (C=O) groups is 1. The van der Waals surface area contributed by atoms with Crippen LogP contribution in [0.1, 0.15) is 99.3 Å². The maximum atomic E-state index is 12.6. The van der Waals surface area contributed by atoms with E-state index >= 15 is 0 Å². The molecule has 242 valence electrons. The molecular weight excluding hydrogens is 562 g/mol. The molecule has 0 saturated heterocycles. The lowest BCUT2D eigenvalue weighted by molar-refractivity contribution is -0.130. The largest absolute Gasteiger partial charge is 0.490 e. The summed E-state index contributed by atoms with van der Waals surface area (Å²) in [6, 6.07) is 17.3. The number of amides is 1. The highest BCUT2D eigenvalue weighted by molar-refractivity contribution is 5.76. The Labute approximate surface area is 269 Å². The molecule has 0 bridgehead atoms. The van der Waals surface area contributed by atoms with E-state index in [4.69, 9.17) is 9.84 Å². The molecule has 2 saturated carbocycles. The van der Waals surface area contributed by atoms with Gasteiger partial charge in [0.1, 0.15) is 5.75 Å². The van der Waals surface area contributed by atoms with Gasteiger partial charge in [0.2, 0.25) is 5.91 Å². The Kier molecular flexibility index (Phi) is 11.3. The molecular formula is C38H51N3O4. The number of benzene rings is 2. The average Bonchev–Trinajstić information content (AvgIpc) is 4.00. The molecule has 1 heterocycles. The van der Waals surface area contributed by atoms with E-state index in [-0.39, 0.29) is 18.1 Å². The summed E-state index contributed by atoms with van der Waals surface area (Å²) >= 11 is 0. The van der Waals surface area contributed by atoms with E-state index in [1.165, 1.54) is 27.8 Å². The number of hydrogen-bond donors (Lipinski definition) is 3. The summed E-state index contributed by atoms with van der Waals surface area (Å²) in [5.41, 5.74) is 7.42. The molecule has 1 amide bonds. The van der Waals surface area contributed by atoms with Gasteiger partial charge in [0.05, 0.1) is 18.8 Å². The molecule has 7 heteroatoms. The number of hydrogen-bond acceptors (Lipinski definition) is 6. The number of para-hydroxylation sites is 1. The van der Waals surface area contributed by atoms with Gasteiger partial charge in [-0.1, -0.05) is 43.3 Å². The molecule has 2 unspecified atom stereocenters. The lowest BCUT2D eigenvalue weighted by Crippen LogP contribution is -2.29. The minimum Gasteiger partial charge on any atom is -0.490 e. The summed E-state index contributed by atoms with van der Waals surface area (Å²) in [6.07, 6.45) is 12.6. The van der Waals surface area contributed by atoms with Crippen LogP contribution in [-0.2, 0) is 16.9 Å². The number of ether oxygens (including phenoxy) is 1. The van der Waals surface area contributed by atoms with Crippen molar-refractivity contribution in [3.05, 3.63) is 83.2 Å². The molecule has 0 aliphatic heterocycles. The summed E-state index contributed by atoms with van der Waals surface area (Å²) in [5, 5.41) is 22.4. The molecule has 3 aromatic rings. The molecule has 2 aromatic carbocycles. The van der Waals surface area contributed by atoms with Crippen LogP contribution in [0.4, 0.5) is 0 Å². The number of aryl methyl sites for hydroxylation is 1. The fourth-order valence-electron chi connectivity index (χ4n) is 6.15. The number of aliphatic hydroxyl groups is 2. The Bertz CT molecular complexity index is 1420. The Morgan fingerprint density at radius 2 is 1.89 bits per heavy atom. The summed E-state index contributed by atoms with van der Waals surface area (Å²) in [4.78, 5) is 19.0. The van der Waals surface area contributed by atoms with Crippen LogP contribution in [0.15, 0.2) is 60.9 Å². The first-order chi connectivity index (χ1) is 21.8. The van der Waals surface area contributed by atoms with Gasteiger partial charge >= 0.3 is 0 Å². The van der Waals surface area contributed by atoms with Crippen LogP contribution < -0.4 is 10.1 Å². The van der Waals surface area contributed by atoms with Crippen molar-refractivity contribution >= 4 is 5.91 Å². The van der Waals surface area contributed by atoms with Gasteiger partial charge in [0.15, 0.2) is 0 Å². The predicted octanol–water partition coefficient (Wildman–Crippen LogP) is 6.63. The van der Waals surface area contributed by atoms with Gasteiger partial charge in [-0.05, 0) is 111 Å². The van der Waals surface area contributed by atoms with Crippen molar-refractivity contribution in [1.82, 2.24) is 15.2 Å². The molecule has 2 fully saturated rings. The molecule has 1 aromatic heterocycles. The van der Waals surface area contributed by atoms with Crippen LogP contribution in [0.5, 0.6) is 5.75 Å². The van der Waals surface area contributed by atoms with Crippen molar-refractivity contribution in [2.75, 3.05) is 20.2 Å². The van der Waals surface area contributed by atoms with Gasteiger partial charge in [-0.2, -0.15) is 0 Å². The number of nitrogens with zero attached hydrogens (tertiary/aromatic N) is 2. The highest BCUT2D eigenvalue weighted by Crippen LogP contribution is 2.50. The van der Waals surface area contributed by atoms with Gasteiger partial charge in [0, 0.05) is 50.1 Å². The third kappa shape index (κ3) is 8.93. The minimum absolute atomic E-state index is 0.0879. The quantitative estimate of drug-likeness (QED) is 0.139. The van der Waals surface area contributed by atoms with Gasteiger partial charge in [0.25, 0.3) is 0 Å². The number of aromatic nitrogens is 1. The van der Waals surface area contributed by atoms with Crippen LogP contribution in [-0.4, -0.2) is 58.4 Å². The molecule has 3 N–H and O–H groups in total. The number of unbranched alkanes of at least 4 members (excludes halogenated alkanes) is 1. The molecule has 0 radical (unpaired) electrons. The number of pyridine rings is 1. The second-order valence-corrected chi connectivity index (χ2v) is 13.3. The molecule has 45 heavy (non-hydrogen) atoms. The Balaban J connectivity index is 1.16. The SMILES string of the molecule is Cc1ccc(C(C)CCCC(=O)N(C)CCCCC(O)CO)cc1CNC1(c2cnccc2-c2ccccc2OC2CC2)CC1. The third-order valence-electron chi connectivity index (χ3n) is 9.59. The number of nitrogens with one attached hydrogen (secondary N) is 1. The normalized spacial score (nSPS) is 16.6. The molecule has 2 aliphatic rings. The lowest BCUT2D eigenvalue weighted by Gasteiger charge is -2.23. The second-order valence-electron chi connectivity index (χ2n) is 13.3. The first-order valence-electron chi connectivity index (χ1n) is 16.9. The minimum atomic E-state index is -0.658. The number of carbonyl (C=O) groups excluding carboxylic acids is 1. The predicted molar refractivity (Wildman–Crippen MR) is 179 cm³/mol. The molecule has 0 spiro atoms.